The molecule has 1 aromatic carbocycles. The molecule has 0 aliphatic carbocycles. The monoisotopic (exact) mass is 176 g/mol. The van der Waals surface area contributed by atoms with E-state index in [0.29, 0.717) is 12.1 Å². The summed E-state index contributed by atoms with van der Waals surface area (Å²) in [6.07, 6.45) is 1.40. The standard InChI is InChI=1S/C10H12N2O/c1-2-9(8-13)11-12-10-6-4-3-5-7-10/h3-8,12H,2H2,1H3/b11-9+. The van der Waals surface area contributed by atoms with Crippen LogP contribution in [0.1, 0.15) is 13.3 Å². The van der Waals surface area contributed by atoms with Crippen LogP contribution in [0.15, 0.2) is 35.4 Å². The number of nitrogens with one attached hydrogen (secondary N) is 1. The number of hydrogen-bond acceptors (Lipinski definition) is 3. The normalized spacial score (nSPS) is 11.0. The van der Waals surface area contributed by atoms with Gasteiger partial charge in [0, 0.05) is 0 Å². The van der Waals surface area contributed by atoms with Crippen molar-refractivity contribution in [3.8, 4) is 0 Å². The van der Waals surface area contributed by atoms with E-state index in [-0.39, 0.29) is 0 Å². The van der Waals surface area contributed by atoms with Crippen molar-refractivity contribution in [3.05, 3.63) is 30.3 Å². The maximum Gasteiger partial charge on any atom is 0.166 e. The van der Waals surface area contributed by atoms with E-state index in [4.69, 9.17) is 0 Å². The molecule has 0 aromatic heterocycles. The van der Waals surface area contributed by atoms with Gasteiger partial charge in [0.1, 0.15) is 5.71 Å². The number of rotatable bonds is 4. The molecular weight excluding hydrogens is 164 g/mol. The zero-order valence-corrected chi connectivity index (χ0v) is 7.53. The molecule has 13 heavy (non-hydrogen) atoms. The van der Waals surface area contributed by atoms with Crippen LogP contribution in [-0.4, -0.2) is 12.0 Å². The van der Waals surface area contributed by atoms with Crippen molar-refractivity contribution in [1.29, 1.82) is 0 Å². The number of carbonyl (C=O) groups is 1. The van der Waals surface area contributed by atoms with Crippen molar-refractivity contribution in [2.45, 2.75) is 13.3 Å². The van der Waals surface area contributed by atoms with Gasteiger partial charge in [-0.25, -0.2) is 0 Å². The lowest BCUT2D eigenvalue weighted by Gasteiger charge is -1.99. The zero-order chi connectivity index (χ0) is 9.52. The lowest BCUT2D eigenvalue weighted by atomic mass is 10.3. The van der Waals surface area contributed by atoms with E-state index in [1.807, 2.05) is 37.3 Å². The predicted octanol–water partition coefficient (Wildman–Crippen LogP) is 2.06. The van der Waals surface area contributed by atoms with E-state index in [9.17, 15) is 4.79 Å². The summed E-state index contributed by atoms with van der Waals surface area (Å²) in [7, 11) is 0. The fraction of sp³-hybridized carbons (Fsp3) is 0.200. The van der Waals surface area contributed by atoms with Crippen LogP contribution in [0.5, 0.6) is 0 Å². The molecular formula is C10H12N2O. The van der Waals surface area contributed by atoms with Crippen molar-refractivity contribution >= 4 is 17.7 Å². The third-order valence-corrected chi connectivity index (χ3v) is 1.60. The second kappa shape index (κ2) is 5.09. The molecule has 68 valence electrons. The number of anilines is 1. The molecule has 1 N–H and O–H groups in total. The summed E-state index contributed by atoms with van der Waals surface area (Å²) < 4.78 is 0. The molecule has 0 fully saturated rings. The third-order valence-electron chi connectivity index (χ3n) is 1.60. The number of aldehydes is 1. The molecule has 0 bridgehead atoms. The van der Waals surface area contributed by atoms with Gasteiger partial charge in [-0.15, -0.1) is 0 Å². The van der Waals surface area contributed by atoms with Gasteiger partial charge in [-0.05, 0) is 18.6 Å². The molecule has 0 heterocycles. The highest BCUT2D eigenvalue weighted by molar-refractivity contribution is 6.28. The van der Waals surface area contributed by atoms with Crippen LogP contribution in [-0.2, 0) is 4.79 Å². The van der Waals surface area contributed by atoms with Crippen molar-refractivity contribution < 1.29 is 4.79 Å². The first kappa shape index (κ1) is 9.45. The number of benzene rings is 1. The van der Waals surface area contributed by atoms with Crippen LogP contribution in [0.25, 0.3) is 0 Å². The van der Waals surface area contributed by atoms with Crippen molar-refractivity contribution in [2.75, 3.05) is 5.43 Å². The van der Waals surface area contributed by atoms with Gasteiger partial charge in [-0.2, -0.15) is 5.10 Å². The molecule has 0 spiro atoms. The summed E-state index contributed by atoms with van der Waals surface area (Å²) >= 11 is 0. The van der Waals surface area contributed by atoms with Gasteiger partial charge in [0.15, 0.2) is 6.29 Å². The lowest BCUT2D eigenvalue weighted by molar-refractivity contribution is -0.102. The quantitative estimate of drug-likeness (QED) is 0.433. The number of hydrazone groups is 1. The van der Waals surface area contributed by atoms with E-state index in [2.05, 4.69) is 10.5 Å². The van der Waals surface area contributed by atoms with E-state index in [0.717, 1.165) is 12.0 Å². The summed E-state index contributed by atoms with van der Waals surface area (Å²) in [5.74, 6) is 0. The van der Waals surface area contributed by atoms with Crippen LogP contribution in [0, 0.1) is 0 Å². The fourth-order valence-corrected chi connectivity index (χ4v) is 0.838. The Kier molecular flexibility index (Phi) is 3.70. The van der Waals surface area contributed by atoms with E-state index >= 15 is 0 Å². The zero-order valence-electron chi connectivity index (χ0n) is 7.53. The Morgan fingerprint density at radius 1 is 1.46 bits per heavy atom. The molecule has 0 radical (unpaired) electrons. The summed E-state index contributed by atoms with van der Waals surface area (Å²) in [6, 6.07) is 9.52. The van der Waals surface area contributed by atoms with Crippen LogP contribution in [0.4, 0.5) is 5.69 Å². The highest BCUT2D eigenvalue weighted by Gasteiger charge is 1.91. The molecule has 1 aromatic rings. The molecule has 3 nitrogen and oxygen atoms in total. The van der Waals surface area contributed by atoms with Gasteiger partial charge >= 0.3 is 0 Å². The minimum atomic E-state index is 0.517. The van der Waals surface area contributed by atoms with E-state index in [1.54, 1.807) is 0 Å². The van der Waals surface area contributed by atoms with Gasteiger partial charge in [-0.3, -0.25) is 10.2 Å². The Bertz CT molecular complexity index is 293. The maximum atomic E-state index is 10.4. The number of nitrogens with zero attached hydrogens (tertiary/aromatic N) is 1. The molecule has 1 rings (SSSR count). The minimum Gasteiger partial charge on any atom is -0.296 e. The molecule has 0 aliphatic heterocycles. The maximum absolute atomic E-state index is 10.4. The summed E-state index contributed by atoms with van der Waals surface area (Å²) in [6.45, 7) is 1.89. The Labute approximate surface area is 77.5 Å². The Hall–Kier alpha value is -1.64. The summed E-state index contributed by atoms with van der Waals surface area (Å²) in [5, 5.41) is 3.93. The van der Waals surface area contributed by atoms with Gasteiger partial charge in [0.25, 0.3) is 0 Å². The second-order valence-electron chi connectivity index (χ2n) is 2.55. The number of para-hydroxylation sites is 1. The van der Waals surface area contributed by atoms with E-state index in [1.165, 1.54) is 0 Å². The van der Waals surface area contributed by atoms with Gasteiger partial charge in [-0.1, -0.05) is 25.1 Å². The van der Waals surface area contributed by atoms with Crippen molar-refractivity contribution in [1.82, 2.24) is 0 Å². The first-order valence-electron chi connectivity index (χ1n) is 4.19. The first-order valence-corrected chi connectivity index (χ1v) is 4.19. The van der Waals surface area contributed by atoms with Crippen molar-refractivity contribution in [2.24, 2.45) is 5.10 Å². The highest BCUT2D eigenvalue weighted by atomic mass is 16.1. The average Bonchev–Trinajstić information content (AvgIpc) is 2.21. The van der Waals surface area contributed by atoms with Crippen LogP contribution in [0.2, 0.25) is 0 Å². The topological polar surface area (TPSA) is 41.5 Å². The van der Waals surface area contributed by atoms with Crippen LogP contribution in [0.3, 0.4) is 0 Å². The van der Waals surface area contributed by atoms with Gasteiger partial charge in [0.05, 0.1) is 5.69 Å². The SMILES string of the molecule is CC/C(C=O)=N\Nc1ccccc1. The highest BCUT2D eigenvalue weighted by Crippen LogP contribution is 2.04. The van der Waals surface area contributed by atoms with Crippen molar-refractivity contribution in [3.63, 3.8) is 0 Å². The Morgan fingerprint density at radius 3 is 2.69 bits per heavy atom. The molecule has 0 atom stereocenters. The van der Waals surface area contributed by atoms with E-state index < -0.39 is 0 Å². The lowest BCUT2D eigenvalue weighted by Crippen LogP contribution is -2.01. The summed E-state index contributed by atoms with van der Waals surface area (Å²) in [5.41, 5.74) is 4.21. The smallest absolute Gasteiger partial charge is 0.166 e. The number of carbonyl (C=O) groups excluding carboxylic acids is 1. The van der Waals surface area contributed by atoms with Crippen LogP contribution >= 0.6 is 0 Å². The molecule has 3 heteroatoms. The Morgan fingerprint density at radius 2 is 2.15 bits per heavy atom. The minimum absolute atomic E-state index is 0.517. The largest absolute Gasteiger partial charge is 0.296 e. The fourth-order valence-electron chi connectivity index (χ4n) is 0.838. The molecule has 0 aliphatic rings. The number of hydrogen-bond donors (Lipinski definition) is 1. The second-order valence-corrected chi connectivity index (χ2v) is 2.55. The van der Waals surface area contributed by atoms with Gasteiger partial charge < -0.3 is 0 Å². The van der Waals surface area contributed by atoms with Crippen LogP contribution < -0.4 is 5.43 Å². The predicted molar refractivity (Wildman–Crippen MR) is 53.9 cm³/mol. The summed E-state index contributed by atoms with van der Waals surface area (Å²) in [4.78, 5) is 10.4. The average molecular weight is 176 g/mol. The molecule has 0 amide bonds. The molecule has 0 saturated heterocycles. The first-order chi connectivity index (χ1) is 6.36. The van der Waals surface area contributed by atoms with Gasteiger partial charge in [0.2, 0.25) is 0 Å². The molecule has 0 saturated carbocycles. The third kappa shape index (κ3) is 3.07. The Balaban J connectivity index is 2.60. The molecule has 0 unspecified atom stereocenters.